The zero-order valence-electron chi connectivity index (χ0n) is 11.5. The van der Waals surface area contributed by atoms with Crippen LogP contribution in [-0.2, 0) is 6.54 Å². The first-order chi connectivity index (χ1) is 8.69. The molecule has 0 radical (unpaired) electrons. The average Bonchev–Trinajstić information content (AvgIpc) is 2.41. The third kappa shape index (κ3) is 3.83. The fourth-order valence-corrected chi connectivity index (χ4v) is 3.10. The summed E-state index contributed by atoms with van der Waals surface area (Å²) in [5, 5.41) is 3.71. The summed E-state index contributed by atoms with van der Waals surface area (Å²) in [4.78, 5) is 0. The van der Waals surface area contributed by atoms with Crippen LogP contribution in [0.5, 0.6) is 0 Å². The Labute approximate surface area is 119 Å². The number of nitrogens with one attached hydrogen (secondary N) is 1. The van der Waals surface area contributed by atoms with Crippen molar-refractivity contribution < 1.29 is 0 Å². The molecule has 100 valence electrons. The summed E-state index contributed by atoms with van der Waals surface area (Å²) in [7, 11) is 0. The maximum absolute atomic E-state index is 3.71. The van der Waals surface area contributed by atoms with Crippen LogP contribution in [-0.4, -0.2) is 6.04 Å². The molecule has 0 aliphatic heterocycles. The van der Waals surface area contributed by atoms with Crippen molar-refractivity contribution in [1.82, 2.24) is 5.32 Å². The molecular formula is C16H24BrN. The SMILES string of the molecule is CCC1CCC(NCc2ccc(Br)c(C)c2)CC1. The van der Waals surface area contributed by atoms with Crippen molar-refractivity contribution in [2.24, 2.45) is 5.92 Å². The zero-order valence-corrected chi connectivity index (χ0v) is 13.1. The minimum atomic E-state index is 0.733. The van der Waals surface area contributed by atoms with Crippen LogP contribution < -0.4 is 5.32 Å². The van der Waals surface area contributed by atoms with E-state index in [1.165, 1.54) is 47.7 Å². The molecule has 0 bridgehead atoms. The molecular weight excluding hydrogens is 286 g/mol. The maximum Gasteiger partial charge on any atom is 0.0208 e. The zero-order chi connectivity index (χ0) is 13.0. The minimum Gasteiger partial charge on any atom is -0.310 e. The number of rotatable bonds is 4. The van der Waals surface area contributed by atoms with Crippen molar-refractivity contribution in [3.63, 3.8) is 0 Å². The lowest BCUT2D eigenvalue weighted by atomic mass is 9.84. The van der Waals surface area contributed by atoms with Crippen molar-refractivity contribution >= 4 is 15.9 Å². The van der Waals surface area contributed by atoms with Gasteiger partial charge in [0.2, 0.25) is 0 Å². The summed E-state index contributed by atoms with van der Waals surface area (Å²) in [5.41, 5.74) is 2.72. The van der Waals surface area contributed by atoms with Gasteiger partial charge in [-0.15, -0.1) is 0 Å². The highest BCUT2D eigenvalue weighted by Gasteiger charge is 2.19. The van der Waals surface area contributed by atoms with Crippen LogP contribution in [0.4, 0.5) is 0 Å². The van der Waals surface area contributed by atoms with Gasteiger partial charge in [0.25, 0.3) is 0 Å². The standard InChI is InChI=1S/C16H24BrN/c1-3-13-4-7-15(8-5-13)18-11-14-6-9-16(17)12(2)10-14/h6,9-10,13,15,18H,3-5,7-8,11H2,1-2H3. The molecule has 1 aliphatic rings. The maximum atomic E-state index is 3.71. The van der Waals surface area contributed by atoms with Crippen molar-refractivity contribution in [2.45, 2.75) is 58.5 Å². The van der Waals surface area contributed by atoms with Crippen molar-refractivity contribution in [1.29, 1.82) is 0 Å². The van der Waals surface area contributed by atoms with E-state index in [1.54, 1.807) is 0 Å². The molecule has 1 saturated carbocycles. The van der Waals surface area contributed by atoms with E-state index >= 15 is 0 Å². The monoisotopic (exact) mass is 309 g/mol. The van der Waals surface area contributed by atoms with Gasteiger partial charge in [0, 0.05) is 17.1 Å². The molecule has 1 fully saturated rings. The lowest BCUT2D eigenvalue weighted by molar-refractivity contribution is 0.285. The Morgan fingerprint density at radius 2 is 1.94 bits per heavy atom. The van der Waals surface area contributed by atoms with Crippen LogP contribution in [0, 0.1) is 12.8 Å². The largest absolute Gasteiger partial charge is 0.310 e. The summed E-state index contributed by atoms with van der Waals surface area (Å²) in [6.07, 6.45) is 6.89. The van der Waals surface area contributed by atoms with E-state index in [0.29, 0.717) is 0 Å². The number of benzene rings is 1. The van der Waals surface area contributed by atoms with E-state index in [-0.39, 0.29) is 0 Å². The first-order valence-corrected chi connectivity index (χ1v) is 7.96. The second-order valence-electron chi connectivity index (χ2n) is 5.59. The molecule has 0 spiro atoms. The summed E-state index contributed by atoms with van der Waals surface area (Å²) >= 11 is 3.55. The van der Waals surface area contributed by atoms with E-state index in [9.17, 15) is 0 Å². The van der Waals surface area contributed by atoms with Gasteiger partial charge in [-0.05, 0) is 55.7 Å². The average molecular weight is 310 g/mol. The third-order valence-electron chi connectivity index (χ3n) is 4.24. The van der Waals surface area contributed by atoms with Crippen LogP contribution in [0.15, 0.2) is 22.7 Å². The summed E-state index contributed by atoms with van der Waals surface area (Å²) < 4.78 is 1.20. The molecule has 1 aliphatic carbocycles. The Kier molecular flexibility index (Phi) is 5.25. The lowest BCUT2D eigenvalue weighted by Gasteiger charge is -2.28. The predicted octanol–water partition coefficient (Wildman–Crippen LogP) is 4.82. The molecule has 1 N–H and O–H groups in total. The fraction of sp³-hybridized carbons (Fsp3) is 0.625. The van der Waals surface area contributed by atoms with Gasteiger partial charge in [-0.2, -0.15) is 0 Å². The summed E-state index contributed by atoms with van der Waals surface area (Å²) in [6.45, 7) is 5.48. The van der Waals surface area contributed by atoms with Gasteiger partial charge in [-0.1, -0.05) is 41.4 Å². The third-order valence-corrected chi connectivity index (χ3v) is 5.13. The molecule has 0 heterocycles. The van der Waals surface area contributed by atoms with Crippen LogP contribution >= 0.6 is 15.9 Å². The molecule has 1 aromatic rings. The van der Waals surface area contributed by atoms with Crippen molar-refractivity contribution in [3.05, 3.63) is 33.8 Å². The highest BCUT2D eigenvalue weighted by molar-refractivity contribution is 9.10. The van der Waals surface area contributed by atoms with Gasteiger partial charge >= 0.3 is 0 Å². The van der Waals surface area contributed by atoms with Crippen LogP contribution in [0.25, 0.3) is 0 Å². The van der Waals surface area contributed by atoms with Crippen LogP contribution in [0.2, 0.25) is 0 Å². The summed E-state index contributed by atoms with van der Waals surface area (Å²) in [6, 6.07) is 7.37. The van der Waals surface area contributed by atoms with Gasteiger partial charge in [0.15, 0.2) is 0 Å². The first-order valence-electron chi connectivity index (χ1n) is 7.17. The van der Waals surface area contributed by atoms with E-state index < -0.39 is 0 Å². The highest BCUT2D eigenvalue weighted by Crippen LogP contribution is 2.26. The van der Waals surface area contributed by atoms with Crippen molar-refractivity contribution in [2.75, 3.05) is 0 Å². The van der Waals surface area contributed by atoms with Crippen LogP contribution in [0.1, 0.15) is 50.2 Å². The second kappa shape index (κ2) is 6.72. The molecule has 0 atom stereocenters. The smallest absolute Gasteiger partial charge is 0.0208 e. The Morgan fingerprint density at radius 3 is 2.56 bits per heavy atom. The van der Waals surface area contributed by atoms with Gasteiger partial charge in [-0.25, -0.2) is 0 Å². The van der Waals surface area contributed by atoms with Crippen molar-refractivity contribution in [3.8, 4) is 0 Å². The molecule has 2 heteroatoms. The lowest BCUT2D eigenvalue weighted by Crippen LogP contribution is -2.32. The molecule has 1 aromatic carbocycles. The Bertz CT molecular complexity index is 381. The highest BCUT2D eigenvalue weighted by atomic mass is 79.9. The Morgan fingerprint density at radius 1 is 1.22 bits per heavy atom. The fourth-order valence-electron chi connectivity index (χ4n) is 2.85. The van der Waals surface area contributed by atoms with Gasteiger partial charge in [-0.3, -0.25) is 0 Å². The van der Waals surface area contributed by atoms with E-state index in [1.807, 2.05) is 0 Å². The number of hydrogen-bond donors (Lipinski definition) is 1. The van der Waals surface area contributed by atoms with E-state index in [4.69, 9.17) is 0 Å². The van der Waals surface area contributed by atoms with E-state index in [2.05, 4.69) is 53.3 Å². The molecule has 0 unspecified atom stereocenters. The topological polar surface area (TPSA) is 12.0 Å². The number of hydrogen-bond acceptors (Lipinski definition) is 1. The Hall–Kier alpha value is -0.340. The molecule has 18 heavy (non-hydrogen) atoms. The predicted molar refractivity (Wildman–Crippen MR) is 81.8 cm³/mol. The molecule has 1 nitrogen and oxygen atoms in total. The van der Waals surface area contributed by atoms with Crippen LogP contribution in [0.3, 0.4) is 0 Å². The van der Waals surface area contributed by atoms with Gasteiger partial charge < -0.3 is 5.32 Å². The molecule has 0 amide bonds. The van der Waals surface area contributed by atoms with Gasteiger partial charge in [0.1, 0.15) is 0 Å². The summed E-state index contributed by atoms with van der Waals surface area (Å²) in [5.74, 6) is 0.984. The minimum absolute atomic E-state index is 0.733. The second-order valence-corrected chi connectivity index (χ2v) is 6.44. The normalized spacial score (nSPS) is 24.2. The van der Waals surface area contributed by atoms with E-state index in [0.717, 1.165) is 18.5 Å². The number of aryl methyl sites for hydroxylation is 1. The molecule has 0 aromatic heterocycles. The quantitative estimate of drug-likeness (QED) is 0.841. The molecule has 0 saturated heterocycles. The van der Waals surface area contributed by atoms with Gasteiger partial charge in [0.05, 0.1) is 0 Å². The number of halogens is 1. The molecule has 2 rings (SSSR count). The first kappa shape index (κ1) is 14.1. The Balaban J connectivity index is 1.79.